The van der Waals surface area contributed by atoms with Gasteiger partial charge >= 0.3 is 0 Å². The van der Waals surface area contributed by atoms with Crippen LogP contribution >= 0.6 is 23.2 Å². The third-order valence-corrected chi connectivity index (χ3v) is 14.7. The summed E-state index contributed by atoms with van der Waals surface area (Å²) in [6.07, 6.45) is -1.29. The van der Waals surface area contributed by atoms with Crippen molar-refractivity contribution in [3.8, 4) is 11.1 Å². The van der Waals surface area contributed by atoms with Crippen LogP contribution in [0.25, 0.3) is 11.1 Å². The van der Waals surface area contributed by atoms with Gasteiger partial charge in [-0.3, -0.25) is 19.2 Å². The van der Waals surface area contributed by atoms with Gasteiger partial charge in [0.2, 0.25) is 0 Å². The Bertz CT molecular complexity index is 3540. The molecule has 408 valence electrons. The van der Waals surface area contributed by atoms with Crippen molar-refractivity contribution in [3.63, 3.8) is 0 Å². The SMILES string of the molecule is O=C(Nc1ccc(C(=O)N2CCC(F)(F)[C@](O)(CO)c3cc(Cl)ccc32)cc1)c1cc(F)ccc1-c1ccccc1F.O=C1c2cc(F)ccc2CCN1c1ccc(C(=O)N2CCC(F)(F)[C@](O)(CO)c3cc(Cl)ccc32)cc1. The Balaban J connectivity index is 0.000000193. The number of alkyl halides is 4. The largest absolute Gasteiger partial charge is 0.393 e. The van der Waals surface area contributed by atoms with E-state index in [9.17, 15) is 70.3 Å². The highest BCUT2D eigenvalue weighted by Gasteiger charge is 2.58. The molecule has 3 aliphatic rings. The van der Waals surface area contributed by atoms with Crippen molar-refractivity contribution in [2.24, 2.45) is 0 Å². The lowest BCUT2D eigenvalue weighted by Gasteiger charge is -2.33. The normalized spacial score (nSPS) is 19.2. The van der Waals surface area contributed by atoms with E-state index in [0.717, 1.165) is 39.6 Å². The van der Waals surface area contributed by atoms with Gasteiger partial charge in [0.1, 0.15) is 17.5 Å². The Morgan fingerprint density at radius 2 is 1.08 bits per heavy atom. The van der Waals surface area contributed by atoms with Crippen molar-refractivity contribution in [1.29, 1.82) is 0 Å². The molecule has 4 amide bonds. The van der Waals surface area contributed by atoms with Crippen LogP contribution in [0.4, 0.5) is 53.5 Å². The fraction of sp³-hybridized carbons (Fsp3) is 0.207. The number of amides is 4. The summed E-state index contributed by atoms with van der Waals surface area (Å²) in [5, 5.41) is 43.7. The lowest BCUT2D eigenvalue weighted by molar-refractivity contribution is -0.205. The van der Waals surface area contributed by atoms with Crippen LogP contribution in [-0.2, 0) is 17.6 Å². The number of benzene rings is 7. The third kappa shape index (κ3) is 10.6. The van der Waals surface area contributed by atoms with Crippen molar-refractivity contribution in [1.82, 2.24) is 0 Å². The van der Waals surface area contributed by atoms with Crippen LogP contribution in [-0.4, -0.2) is 88.7 Å². The maximum Gasteiger partial charge on any atom is 0.284 e. The van der Waals surface area contributed by atoms with Crippen LogP contribution in [0.3, 0.4) is 0 Å². The Morgan fingerprint density at radius 1 is 0.570 bits per heavy atom. The van der Waals surface area contributed by atoms with Gasteiger partial charge in [0.25, 0.3) is 35.5 Å². The standard InChI is InChI=1S/C31H23ClF4N2O4.C27H22ClF3N2O4/c32-19-7-12-27-25(15-19)30(42,17-39)31(35,36)13-14-38(27)29(41)18-5-9-21(10-6-18)37-28(40)24-16-20(33)8-11-22(24)23-3-1-2-4-26(23)34;28-18-4-8-23-22(13-18)26(37,15-34)27(30,31)10-12-33(23)24(35)17-2-6-20(7-3-17)32-11-9-16-1-5-19(29)14-21(16)25(32)36/h1-12,15-16,39,42H,13-14,17H2,(H,37,40);1-8,13-14,34,37H,9-12,15H2/t30-;26-/m00/s1. The van der Waals surface area contributed by atoms with Gasteiger partial charge in [-0.2, -0.15) is 0 Å². The molecule has 12 nitrogen and oxygen atoms in total. The molecule has 3 heterocycles. The van der Waals surface area contributed by atoms with E-state index in [1.54, 1.807) is 24.3 Å². The number of anilines is 4. The quantitative estimate of drug-likeness (QED) is 0.0936. The molecule has 0 aromatic heterocycles. The first kappa shape index (κ1) is 56.1. The van der Waals surface area contributed by atoms with Gasteiger partial charge in [-0.15, -0.1) is 0 Å². The number of carbonyl (C=O) groups excluding carboxylic acids is 4. The fourth-order valence-corrected chi connectivity index (χ4v) is 10.2. The lowest BCUT2D eigenvalue weighted by atomic mass is 9.86. The van der Waals surface area contributed by atoms with E-state index in [2.05, 4.69) is 5.32 Å². The molecule has 10 rings (SSSR count). The van der Waals surface area contributed by atoms with Crippen molar-refractivity contribution in [2.45, 2.75) is 42.3 Å². The van der Waals surface area contributed by atoms with Gasteiger partial charge in [-0.05, 0) is 133 Å². The molecule has 0 saturated heterocycles. The molecule has 7 aromatic rings. The van der Waals surface area contributed by atoms with E-state index >= 15 is 0 Å². The second-order valence-corrected chi connectivity index (χ2v) is 19.8. The topological polar surface area (TPSA) is 171 Å². The number of rotatable bonds is 8. The number of fused-ring (bicyclic) bond motifs is 3. The predicted octanol–water partition coefficient (Wildman–Crippen LogP) is 11.0. The van der Waals surface area contributed by atoms with Gasteiger partial charge in [0.05, 0.1) is 30.2 Å². The van der Waals surface area contributed by atoms with Crippen LogP contribution in [0.1, 0.15) is 71.0 Å². The molecule has 7 aromatic carbocycles. The zero-order valence-electron chi connectivity index (χ0n) is 41.2. The number of nitrogens with zero attached hydrogens (tertiary/aromatic N) is 3. The summed E-state index contributed by atoms with van der Waals surface area (Å²) >= 11 is 12.0. The Labute approximate surface area is 456 Å². The highest BCUT2D eigenvalue weighted by atomic mass is 35.5. The summed E-state index contributed by atoms with van der Waals surface area (Å²) in [7, 11) is 0. The van der Waals surface area contributed by atoms with E-state index in [0.29, 0.717) is 18.7 Å². The average Bonchev–Trinajstić information content (AvgIpc) is 3.72. The van der Waals surface area contributed by atoms with Crippen molar-refractivity contribution >= 4 is 69.6 Å². The van der Waals surface area contributed by atoms with Crippen LogP contribution in [0, 0.1) is 17.5 Å². The summed E-state index contributed by atoms with van der Waals surface area (Å²) in [6.45, 7) is -3.08. The summed E-state index contributed by atoms with van der Waals surface area (Å²) in [6, 6.07) is 32.5. The van der Waals surface area contributed by atoms with Crippen molar-refractivity contribution < 1.29 is 70.3 Å². The minimum Gasteiger partial charge on any atom is -0.393 e. The first-order valence-corrected chi connectivity index (χ1v) is 25.1. The Hall–Kier alpha value is -7.65. The fourth-order valence-electron chi connectivity index (χ4n) is 9.83. The Morgan fingerprint density at radius 3 is 1.61 bits per heavy atom. The highest BCUT2D eigenvalue weighted by Crippen LogP contribution is 2.49. The first-order chi connectivity index (χ1) is 37.5. The number of carbonyl (C=O) groups is 4. The van der Waals surface area contributed by atoms with Gasteiger partial charge in [-0.25, -0.2) is 30.7 Å². The maximum absolute atomic E-state index is 15.0. The molecule has 3 aliphatic heterocycles. The Kier molecular flexibility index (Phi) is 15.5. The molecule has 79 heavy (non-hydrogen) atoms. The number of hydrogen-bond acceptors (Lipinski definition) is 8. The van der Waals surface area contributed by atoms with Gasteiger partial charge in [-0.1, -0.05) is 53.5 Å². The van der Waals surface area contributed by atoms with Crippen LogP contribution < -0.4 is 20.0 Å². The molecule has 0 bridgehead atoms. The molecule has 21 heteroatoms. The second kappa shape index (κ2) is 21.9. The monoisotopic (exact) mass is 1130 g/mol. The maximum atomic E-state index is 15.0. The molecule has 0 unspecified atom stereocenters. The van der Waals surface area contributed by atoms with E-state index < -0.39 is 103 Å². The number of aliphatic hydroxyl groups is 4. The third-order valence-electron chi connectivity index (χ3n) is 14.2. The minimum atomic E-state index is -3.78. The molecule has 5 N–H and O–H groups in total. The van der Waals surface area contributed by atoms with E-state index in [-0.39, 0.29) is 72.0 Å². The summed E-state index contributed by atoms with van der Waals surface area (Å²) in [5.41, 5.74) is -4.47. The van der Waals surface area contributed by atoms with Gasteiger partial charge in [0.15, 0.2) is 11.2 Å². The van der Waals surface area contributed by atoms with Gasteiger partial charge in [0, 0.05) is 87.3 Å². The molecular weight excluding hydrogens is 1080 g/mol. The summed E-state index contributed by atoms with van der Waals surface area (Å²) in [5.74, 6) is -11.7. The van der Waals surface area contributed by atoms with E-state index in [4.69, 9.17) is 23.2 Å². The second-order valence-electron chi connectivity index (χ2n) is 18.9. The smallest absolute Gasteiger partial charge is 0.284 e. The lowest BCUT2D eigenvalue weighted by Crippen LogP contribution is -2.48. The van der Waals surface area contributed by atoms with Crippen LogP contribution in [0.2, 0.25) is 10.0 Å². The number of halogens is 9. The summed E-state index contributed by atoms with van der Waals surface area (Å²) in [4.78, 5) is 56.6. The average molecular weight is 1130 g/mol. The molecule has 0 fully saturated rings. The van der Waals surface area contributed by atoms with E-state index in [1.807, 2.05) is 0 Å². The van der Waals surface area contributed by atoms with Crippen molar-refractivity contribution in [3.05, 3.63) is 212 Å². The molecular formula is C58H45Cl2F7N4O8. The highest BCUT2D eigenvalue weighted by molar-refractivity contribution is 6.31. The number of hydrogen-bond donors (Lipinski definition) is 5. The van der Waals surface area contributed by atoms with Crippen LogP contribution in [0.15, 0.2) is 146 Å². The zero-order chi connectivity index (χ0) is 56.8. The minimum absolute atomic E-state index is 0.0112. The zero-order valence-corrected chi connectivity index (χ0v) is 42.7. The number of aliphatic hydroxyl groups excluding tert-OH is 2. The van der Waals surface area contributed by atoms with E-state index in [1.165, 1.54) is 102 Å². The van der Waals surface area contributed by atoms with Crippen molar-refractivity contribution in [2.75, 3.05) is 52.9 Å². The van der Waals surface area contributed by atoms with Gasteiger partial charge < -0.3 is 40.4 Å². The molecule has 0 spiro atoms. The first-order valence-electron chi connectivity index (χ1n) is 24.3. The molecule has 0 saturated carbocycles. The molecule has 2 atom stereocenters. The summed E-state index contributed by atoms with van der Waals surface area (Å²) < 4.78 is 102. The molecule has 0 radical (unpaired) electrons. The van der Waals surface area contributed by atoms with Crippen LogP contribution in [0.5, 0.6) is 0 Å². The molecule has 0 aliphatic carbocycles. The number of nitrogens with one attached hydrogen (secondary N) is 1. The predicted molar refractivity (Wildman–Crippen MR) is 282 cm³/mol.